The maximum absolute atomic E-state index is 11.9. The van der Waals surface area contributed by atoms with Crippen molar-refractivity contribution in [3.63, 3.8) is 0 Å². The summed E-state index contributed by atoms with van der Waals surface area (Å²) < 4.78 is 1.45. The highest BCUT2D eigenvalue weighted by Crippen LogP contribution is 2.16. The number of carboxylic acids is 1. The third kappa shape index (κ3) is 3.80. The quantitative estimate of drug-likeness (QED) is 0.590. The van der Waals surface area contributed by atoms with Crippen molar-refractivity contribution in [2.45, 2.75) is 32.9 Å². The first-order chi connectivity index (χ1) is 8.85. The zero-order valence-corrected chi connectivity index (χ0v) is 10.6. The van der Waals surface area contributed by atoms with Crippen LogP contribution in [0.5, 0.6) is 0 Å². The van der Waals surface area contributed by atoms with Crippen LogP contribution in [-0.4, -0.2) is 32.5 Å². The second-order valence-electron chi connectivity index (χ2n) is 4.10. The number of carbonyl (C=O) groups is 2. The molecule has 0 saturated carbocycles. The first-order valence-electron chi connectivity index (χ1n) is 5.72. The third-order valence-electron chi connectivity index (χ3n) is 2.52. The molecule has 0 bridgehead atoms. The molecule has 1 atom stereocenters. The first kappa shape index (κ1) is 14.7. The number of carbonyl (C=O) groups excluding carboxylic acids is 1. The molecule has 0 aliphatic rings. The number of nitrogens with one attached hydrogen (secondary N) is 1. The number of aryl methyl sites for hydroxylation is 1. The molecule has 0 spiro atoms. The Morgan fingerprint density at radius 2 is 2.21 bits per heavy atom. The Hall–Kier alpha value is -2.38. The van der Waals surface area contributed by atoms with Crippen LogP contribution in [0, 0.1) is 10.1 Å². The number of amides is 1. The topological polar surface area (TPSA) is 114 Å². The molecule has 19 heavy (non-hydrogen) atoms. The summed E-state index contributed by atoms with van der Waals surface area (Å²) in [6.45, 7) is 3.71. The van der Waals surface area contributed by atoms with Crippen LogP contribution in [0.2, 0.25) is 0 Å². The van der Waals surface area contributed by atoms with Crippen LogP contribution < -0.4 is 5.32 Å². The summed E-state index contributed by atoms with van der Waals surface area (Å²) >= 11 is 0. The maximum atomic E-state index is 11.9. The van der Waals surface area contributed by atoms with Gasteiger partial charge in [-0.3, -0.25) is 19.7 Å². The summed E-state index contributed by atoms with van der Waals surface area (Å²) in [7, 11) is 0. The van der Waals surface area contributed by atoms with Crippen molar-refractivity contribution >= 4 is 17.6 Å². The van der Waals surface area contributed by atoms with E-state index in [0.29, 0.717) is 6.54 Å². The fourth-order valence-corrected chi connectivity index (χ4v) is 1.66. The van der Waals surface area contributed by atoms with Gasteiger partial charge in [0, 0.05) is 18.7 Å². The highest BCUT2D eigenvalue weighted by molar-refractivity contribution is 5.94. The smallest absolute Gasteiger partial charge is 0.305 e. The Morgan fingerprint density at radius 3 is 2.68 bits per heavy atom. The van der Waals surface area contributed by atoms with E-state index in [1.165, 1.54) is 16.8 Å². The van der Waals surface area contributed by atoms with Gasteiger partial charge >= 0.3 is 5.97 Å². The van der Waals surface area contributed by atoms with E-state index in [1.54, 1.807) is 13.8 Å². The summed E-state index contributed by atoms with van der Waals surface area (Å²) in [5.41, 5.74) is -0.0238. The van der Waals surface area contributed by atoms with E-state index >= 15 is 0 Å². The molecule has 1 unspecified atom stereocenters. The molecular weight excluding hydrogens is 254 g/mol. The van der Waals surface area contributed by atoms with E-state index in [-0.39, 0.29) is 17.8 Å². The number of hydrogen-bond donors (Lipinski definition) is 2. The molecule has 104 valence electrons. The number of aliphatic carboxylic acids is 1. The Morgan fingerprint density at radius 1 is 1.58 bits per heavy atom. The molecule has 0 saturated heterocycles. The fraction of sp³-hybridized carbons (Fsp3) is 0.455. The Balaban J connectivity index is 2.86. The molecule has 0 aliphatic heterocycles. The molecule has 1 rings (SSSR count). The van der Waals surface area contributed by atoms with Gasteiger partial charge in [0.15, 0.2) is 0 Å². The lowest BCUT2D eigenvalue weighted by Gasteiger charge is -2.12. The molecule has 1 heterocycles. The lowest BCUT2D eigenvalue weighted by Crippen LogP contribution is -2.35. The van der Waals surface area contributed by atoms with Crippen molar-refractivity contribution in [2.75, 3.05) is 0 Å². The predicted molar refractivity (Wildman–Crippen MR) is 65.9 cm³/mol. The molecule has 0 fully saturated rings. The Labute approximate surface area is 109 Å². The molecule has 1 aromatic rings. The van der Waals surface area contributed by atoms with E-state index < -0.39 is 22.8 Å². The van der Waals surface area contributed by atoms with Crippen molar-refractivity contribution < 1.29 is 19.6 Å². The monoisotopic (exact) mass is 269 g/mol. The molecule has 8 heteroatoms. The maximum Gasteiger partial charge on any atom is 0.305 e. The van der Waals surface area contributed by atoms with Crippen LogP contribution in [0.15, 0.2) is 12.3 Å². The third-order valence-corrected chi connectivity index (χ3v) is 2.52. The van der Waals surface area contributed by atoms with E-state index in [4.69, 9.17) is 5.11 Å². The van der Waals surface area contributed by atoms with Gasteiger partial charge in [0.25, 0.3) is 11.6 Å². The first-order valence-corrected chi connectivity index (χ1v) is 5.72. The SMILES string of the molecule is CCn1cc([N+](=O)[O-])cc1C(=O)NC(C)CC(=O)O. The molecule has 8 nitrogen and oxygen atoms in total. The van der Waals surface area contributed by atoms with Crippen molar-refractivity contribution in [2.24, 2.45) is 0 Å². The Bertz CT molecular complexity index is 508. The van der Waals surface area contributed by atoms with Crippen LogP contribution >= 0.6 is 0 Å². The minimum Gasteiger partial charge on any atom is -0.481 e. The van der Waals surface area contributed by atoms with Gasteiger partial charge in [-0.1, -0.05) is 0 Å². The largest absolute Gasteiger partial charge is 0.481 e. The van der Waals surface area contributed by atoms with E-state index in [1.807, 2.05) is 0 Å². The number of nitro groups is 1. The van der Waals surface area contributed by atoms with Crippen LogP contribution in [0.25, 0.3) is 0 Å². The standard InChI is InChI=1S/C11H15N3O5/c1-3-13-6-8(14(18)19)5-9(13)11(17)12-7(2)4-10(15)16/h5-7H,3-4H2,1-2H3,(H,12,17)(H,15,16). The fourth-order valence-electron chi connectivity index (χ4n) is 1.66. The van der Waals surface area contributed by atoms with Crippen molar-refractivity contribution in [1.29, 1.82) is 0 Å². The van der Waals surface area contributed by atoms with Gasteiger partial charge in [0.1, 0.15) is 5.69 Å². The van der Waals surface area contributed by atoms with Gasteiger partial charge in [0.05, 0.1) is 17.5 Å². The molecule has 1 amide bonds. The Kier molecular flexibility index (Phi) is 4.62. The van der Waals surface area contributed by atoms with E-state index in [9.17, 15) is 19.7 Å². The number of aromatic nitrogens is 1. The van der Waals surface area contributed by atoms with Gasteiger partial charge in [-0.05, 0) is 13.8 Å². The number of rotatable bonds is 6. The second kappa shape index (κ2) is 5.98. The average molecular weight is 269 g/mol. The van der Waals surface area contributed by atoms with Gasteiger partial charge in [0.2, 0.25) is 0 Å². The van der Waals surface area contributed by atoms with Crippen LogP contribution in [0.4, 0.5) is 5.69 Å². The predicted octanol–water partition coefficient (Wildman–Crippen LogP) is 1.01. The minimum absolute atomic E-state index is 0.145. The molecule has 0 aromatic carbocycles. The summed E-state index contributed by atoms with van der Waals surface area (Å²) in [6, 6.07) is 0.621. The van der Waals surface area contributed by atoms with E-state index in [2.05, 4.69) is 5.32 Å². The summed E-state index contributed by atoms with van der Waals surface area (Å²) in [4.78, 5) is 32.5. The molecule has 0 radical (unpaired) electrons. The van der Waals surface area contributed by atoms with Crippen LogP contribution in [0.1, 0.15) is 30.8 Å². The van der Waals surface area contributed by atoms with Gasteiger partial charge < -0.3 is 15.0 Å². The second-order valence-corrected chi connectivity index (χ2v) is 4.10. The van der Waals surface area contributed by atoms with Crippen molar-refractivity contribution in [3.05, 3.63) is 28.1 Å². The molecule has 1 aromatic heterocycles. The summed E-state index contributed by atoms with van der Waals surface area (Å²) in [6.07, 6.45) is 1.07. The zero-order chi connectivity index (χ0) is 14.6. The lowest BCUT2D eigenvalue weighted by atomic mass is 10.2. The highest BCUT2D eigenvalue weighted by atomic mass is 16.6. The van der Waals surface area contributed by atoms with Gasteiger partial charge in [-0.25, -0.2) is 0 Å². The van der Waals surface area contributed by atoms with Gasteiger partial charge in [-0.15, -0.1) is 0 Å². The normalized spacial score (nSPS) is 11.9. The zero-order valence-electron chi connectivity index (χ0n) is 10.6. The highest BCUT2D eigenvalue weighted by Gasteiger charge is 2.20. The molecule has 0 aliphatic carbocycles. The number of nitrogens with zero attached hydrogens (tertiary/aromatic N) is 2. The van der Waals surface area contributed by atoms with Crippen LogP contribution in [-0.2, 0) is 11.3 Å². The molecular formula is C11H15N3O5. The van der Waals surface area contributed by atoms with Gasteiger partial charge in [-0.2, -0.15) is 0 Å². The van der Waals surface area contributed by atoms with E-state index in [0.717, 1.165) is 0 Å². The summed E-state index contributed by atoms with van der Waals surface area (Å²) in [5.74, 6) is -1.55. The number of carboxylic acid groups (broad SMARTS) is 1. The minimum atomic E-state index is -1.02. The summed E-state index contributed by atoms with van der Waals surface area (Å²) in [5, 5.41) is 21.7. The van der Waals surface area contributed by atoms with Crippen LogP contribution in [0.3, 0.4) is 0 Å². The van der Waals surface area contributed by atoms with Crippen molar-refractivity contribution in [1.82, 2.24) is 9.88 Å². The van der Waals surface area contributed by atoms with Crippen molar-refractivity contribution in [3.8, 4) is 0 Å². The number of hydrogen-bond acceptors (Lipinski definition) is 4. The average Bonchev–Trinajstić information content (AvgIpc) is 2.71. The molecule has 2 N–H and O–H groups in total. The lowest BCUT2D eigenvalue weighted by molar-refractivity contribution is -0.384.